The van der Waals surface area contributed by atoms with E-state index in [0.29, 0.717) is 36.2 Å². The van der Waals surface area contributed by atoms with Gasteiger partial charge in [0, 0.05) is 43.7 Å². The maximum Gasteiger partial charge on any atom is 0.255 e. The molecule has 1 atom stereocenters. The number of hydrogen-bond donors (Lipinski definition) is 2. The summed E-state index contributed by atoms with van der Waals surface area (Å²) in [5, 5.41) is 5.60. The van der Waals surface area contributed by atoms with E-state index in [9.17, 15) is 19.2 Å². The van der Waals surface area contributed by atoms with Crippen LogP contribution in [0, 0.1) is 0 Å². The predicted molar refractivity (Wildman–Crippen MR) is 100 cm³/mol. The van der Waals surface area contributed by atoms with Gasteiger partial charge in [-0.1, -0.05) is 6.07 Å². The molecule has 4 rings (SSSR count). The molecule has 0 spiro atoms. The number of imide groups is 1. The number of rotatable bonds is 2. The molecule has 2 saturated heterocycles. The number of carbonyl (C=O) groups is 4. The van der Waals surface area contributed by atoms with Crippen molar-refractivity contribution in [2.45, 2.75) is 44.8 Å². The quantitative estimate of drug-likeness (QED) is 0.714. The highest BCUT2D eigenvalue weighted by Crippen LogP contribution is 2.31. The van der Waals surface area contributed by atoms with Gasteiger partial charge >= 0.3 is 0 Å². The Morgan fingerprint density at radius 1 is 1.21 bits per heavy atom. The number of fused-ring (bicyclic) bond motifs is 1. The highest BCUT2D eigenvalue weighted by molar-refractivity contribution is 6.07. The first-order valence-electron chi connectivity index (χ1n) is 9.59. The van der Waals surface area contributed by atoms with Gasteiger partial charge in [-0.3, -0.25) is 24.5 Å². The summed E-state index contributed by atoms with van der Waals surface area (Å²) >= 11 is 0. The molecule has 28 heavy (non-hydrogen) atoms. The lowest BCUT2D eigenvalue weighted by atomic mass is 9.96. The fraction of sp³-hybridized carbons (Fsp3) is 0.500. The van der Waals surface area contributed by atoms with E-state index in [1.807, 2.05) is 18.7 Å². The lowest BCUT2D eigenvalue weighted by Crippen LogP contribution is -2.60. The number of hydrogen-bond acceptors (Lipinski definition) is 5. The van der Waals surface area contributed by atoms with Crippen LogP contribution in [-0.2, 0) is 16.1 Å². The van der Waals surface area contributed by atoms with Crippen LogP contribution in [0.5, 0.6) is 0 Å². The number of piperidine rings is 1. The molecule has 2 fully saturated rings. The third-order valence-corrected chi connectivity index (χ3v) is 5.86. The van der Waals surface area contributed by atoms with Gasteiger partial charge < -0.3 is 15.1 Å². The van der Waals surface area contributed by atoms with Gasteiger partial charge in [-0.15, -0.1) is 0 Å². The summed E-state index contributed by atoms with van der Waals surface area (Å²) in [6, 6.07) is 4.48. The smallest absolute Gasteiger partial charge is 0.255 e. The molecule has 0 aliphatic carbocycles. The molecule has 3 aliphatic rings. The lowest BCUT2D eigenvalue weighted by Gasteiger charge is -2.43. The number of amides is 4. The molecule has 3 heterocycles. The summed E-state index contributed by atoms with van der Waals surface area (Å²) in [5.41, 5.74) is 1.31. The first-order valence-corrected chi connectivity index (χ1v) is 9.59. The van der Waals surface area contributed by atoms with E-state index in [0.717, 1.165) is 6.54 Å². The van der Waals surface area contributed by atoms with E-state index in [1.54, 1.807) is 18.2 Å². The molecule has 0 radical (unpaired) electrons. The van der Waals surface area contributed by atoms with Gasteiger partial charge in [-0.05, 0) is 38.0 Å². The van der Waals surface area contributed by atoms with Crippen molar-refractivity contribution in [1.29, 1.82) is 0 Å². The Kier molecular flexibility index (Phi) is 4.45. The van der Waals surface area contributed by atoms with Gasteiger partial charge in [0.2, 0.25) is 11.8 Å². The molecule has 0 saturated carbocycles. The number of nitrogens with one attached hydrogen (secondary N) is 2. The van der Waals surface area contributed by atoms with Crippen molar-refractivity contribution in [3.05, 3.63) is 34.9 Å². The van der Waals surface area contributed by atoms with Crippen molar-refractivity contribution in [3.8, 4) is 0 Å². The fourth-order valence-electron chi connectivity index (χ4n) is 4.29. The third kappa shape index (κ3) is 2.97. The summed E-state index contributed by atoms with van der Waals surface area (Å²) in [6.45, 7) is 6.26. The highest BCUT2D eigenvalue weighted by atomic mass is 16.2. The van der Waals surface area contributed by atoms with E-state index in [1.165, 1.54) is 4.90 Å². The average Bonchev–Trinajstić information content (AvgIpc) is 2.98. The standard InChI is InChI=1S/C20H24N4O4/c1-20(2)11-21-8-9-24(20)19(28)13-5-3-4-12-14(13)10-23(18(12)27)15-6-7-16(25)22-17(15)26/h3-5,15,21H,6-11H2,1-2H3,(H,22,25,26). The topological polar surface area (TPSA) is 98.8 Å². The van der Waals surface area contributed by atoms with Crippen molar-refractivity contribution in [2.24, 2.45) is 0 Å². The van der Waals surface area contributed by atoms with Crippen LogP contribution in [0.3, 0.4) is 0 Å². The minimum Gasteiger partial charge on any atom is -0.331 e. The minimum absolute atomic E-state index is 0.0960. The summed E-state index contributed by atoms with van der Waals surface area (Å²) in [7, 11) is 0. The van der Waals surface area contributed by atoms with Crippen LogP contribution >= 0.6 is 0 Å². The van der Waals surface area contributed by atoms with Crippen LogP contribution in [0.2, 0.25) is 0 Å². The third-order valence-electron chi connectivity index (χ3n) is 5.86. The molecule has 4 amide bonds. The van der Waals surface area contributed by atoms with Crippen molar-refractivity contribution in [2.75, 3.05) is 19.6 Å². The minimum atomic E-state index is -0.684. The summed E-state index contributed by atoms with van der Waals surface area (Å²) in [6.07, 6.45) is 0.510. The molecule has 2 N–H and O–H groups in total. The molecule has 148 valence electrons. The Morgan fingerprint density at radius 3 is 2.71 bits per heavy atom. The van der Waals surface area contributed by atoms with Gasteiger partial charge in [-0.25, -0.2) is 0 Å². The second-order valence-corrected chi connectivity index (χ2v) is 8.18. The van der Waals surface area contributed by atoms with Crippen LogP contribution in [0.15, 0.2) is 18.2 Å². The zero-order valence-electron chi connectivity index (χ0n) is 16.1. The number of nitrogens with zero attached hydrogens (tertiary/aromatic N) is 2. The Morgan fingerprint density at radius 2 is 2.00 bits per heavy atom. The second-order valence-electron chi connectivity index (χ2n) is 8.18. The molecule has 8 heteroatoms. The molecule has 1 unspecified atom stereocenters. The Labute approximate surface area is 163 Å². The van der Waals surface area contributed by atoms with E-state index in [2.05, 4.69) is 10.6 Å². The van der Waals surface area contributed by atoms with Gasteiger partial charge in [0.1, 0.15) is 6.04 Å². The van der Waals surface area contributed by atoms with Gasteiger partial charge in [-0.2, -0.15) is 0 Å². The maximum atomic E-state index is 13.3. The monoisotopic (exact) mass is 384 g/mol. The first-order chi connectivity index (χ1) is 13.3. The van der Waals surface area contributed by atoms with Crippen LogP contribution < -0.4 is 10.6 Å². The van der Waals surface area contributed by atoms with Crippen LogP contribution in [0.4, 0.5) is 0 Å². The normalized spacial score (nSPS) is 24.2. The molecular formula is C20H24N4O4. The molecule has 0 bridgehead atoms. The Bertz CT molecular complexity index is 879. The number of carbonyl (C=O) groups excluding carboxylic acids is 4. The van der Waals surface area contributed by atoms with Crippen LogP contribution in [0.1, 0.15) is 53.0 Å². The summed E-state index contributed by atoms with van der Waals surface area (Å²) in [5.74, 6) is -1.13. The second kappa shape index (κ2) is 6.70. The zero-order chi connectivity index (χ0) is 20.1. The highest BCUT2D eigenvalue weighted by Gasteiger charge is 2.42. The van der Waals surface area contributed by atoms with E-state index in [4.69, 9.17) is 0 Å². The van der Waals surface area contributed by atoms with Crippen molar-refractivity contribution in [3.63, 3.8) is 0 Å². The molecule has 1 aromatic carbocycles. The largest absolute Gasteiger partial charge is 0.331 e. The SMILES string of the molecule is CC1(C)CNCCN1C(=O)c1cccc2c1CN(C1CCC(=O)NC1=O)C2=O. The first kappa shape index (κ1) is 18.6. The molecular weight excluding hydrogens is 360 g/mol. The van der Waals surface area contributed by atoms with Crippen LogP contribution in [-0.4, -0.2) is 64.6 Å². The van der Waals surface area contributed by atoms with E-state index in [-0.39, 0.29) is 36.2 Å². The van der Waals surface area contributed by atoms with E-state index < -0.39 is 11.9 Å². The Hall–Kier alpha value is -2.74. The fourth-order valence-corrected chi connectivity index (χ4v) is 4.29. The average molecular weight is 384 g/mol. The van der Waals surface area contributed by atoms with Crippen LogP contribution in [0.25, 0.3) is 0 Å². The van der Waals surface area contributed by atoms with Gasteiger partial charge in [0.05, 0.1) is 5.54 Å². The van der Waals surface area contributed by atoms with Gasteiger partial charge in [0.25, 0.3) is 11.8 Å². The van der Waals surface area contributed by atoms with Crippen molar-refractivity contribution < 1.29 is 19.2 Å². The number of piperazine rings is 1. The maximum absolute atomic E-state index is 13.3. The van der Waals surface area contributed by atoms with E-state index >= 15 is 0 Å². The predicted octanol–water partition coefficient (Wildman–Crippen LogP) is 0.272. The zero-order valence-corrected chi connectivity index (χ0v) is 16.1. The molecule has 3 aliphatic heterocycles. The van der Waals surface area contributed by atoms with Crippen molar-refractivity contribution >= 4 is 23.6 Å². The molecule has 8 nitrogen and oxygen atoms in total. The number of benzene rings is 1. The summed E-state index contributed by atoms with van der Waals surface area (Å²) in [4.78, 5) is 53.2. The Balaban J connectivity index is 1.64. The molecule has 1 aromatic rings. The summed E-state index contributed by atoms with van der Waals surface area (Å²) < 4.78 is 0. The van der Waals surface area contributed by atoms with Gasteiger partial charge in [0.15, 0.2) is 0 Å². The van der Waals surface area contributed by atoms with Crippen molar-refractivity contribution in [1.82, 2.24) is 20.4 Å². The molecule has 0 aromatic heterocycles. The lowest BCUT2D eigenvalue weighted by molar-refractivity contribution is -0.136.